The quantitative estimate of drug-likeness (QED) is 0.822. The van der Waals surface area contributed by atoms with Crippen molar-refractivity contribution in [2.45, 2.75) is 13.8 Å². The highest BCUT2D eigenvalue weighted by Crippen LogP contribution is 2.15. The van der Waals surface area contributed by atoms with Crippen molar-refractivity contribution in [3.63, 3.8) is 0 Å². The second-order valence-electron chi connectivity index (χ2n) is 3.96. The number of aryl methyl sites for hydroxylation is 1. The highest BCUT2D eigenvalue weighted by atomic mass is 15.1. The lowest BCUT2D eigenvalue weighted by Gasteiger charge is -2.15. The Labute approximate surface area is 97.7 Å². The minimum Gasteiger partial charge on any atom is -0.384 e. The fraction of sp³-hybridized carbons (Fsp3) is 0.462. The summed E-state index contributed by atoms with van der Waals surface area (Å²) in [5.74, 6) is 0. The molecule has 0 bridgehead atoms. The zero-order chi connectivity index (χ0) is 12.0. The van der Waals surface area contributed by atoms with E-state index in [1.54, 1.807) is 0 Å². The Bertz CT molecular complexity index is 379. The predicted octanol–water partition coefficient (Wildman–Crippen LogP) is 2.23. The lowest BCUT2D eigenvalue weighted by Crippen LogP contribution is -2.24. The molecule has 3 nitrogen and oxygen atoms in total. The molecule has 0 aliphatic rings. The minimum absolute atomic E-state index is 0.716. The van der Waals surface area contributed by atoms with E-state index in [-0.39, 0.29) is 0 Å². The SMILES string of the molecule is CCN(C)CCNc1ccc(C#N)cc1C. The maximum atomic E-state index is 8.76. The van der Waals surface area contributed by atoms with Gasteiger partial charge in [-0.2, -0.15) is 5.26 Å². The molecule has 1 N–H and O–H groups in total. The summed E-state index contributed by atoms with van der Waals surface area (Å²) in [6.07, 6.45) is 0. The van der Waals surface area contributed by atoms with Crippen LogP contribution in [0.3, 0.4) is 0 Å². The van der Waals surface area contributed by atoms with E-state index >= 15 is 0 Å². The van der Waals surface area contributed by atoms with E-state index in [4.69, 9.17) is 5.26 Å². The summed E-state index contributed by atoms with van der Waals surface area (Å²) >= 11 is 0. The summed E-state index contributed by atoms with van der Waals surface area (Å²) < 4.78 is 0. The van der Waals surface area contributed by atoms with Crippen LogP contribution in [0.4, 0.5) is 5.69 Å². The van der Waals surface area contributed by atoms with Gasteiger partial charge >= 0.3 is 0 Å². The molecule has 0 saturated heterocycles. The molecular weight excluding hydrogens is 198 g/mol. The van der Waals surface area contributed by atoms with Crippen LogP contribution < -0.4 is 5.32 Å². The molecule has 0 spiro atoms. The molecule has 0 amide bonds. The molecule has 86 valence electrons. The number of hydrogen-bond donors (Lipinski definition) is 1. The summed E-state index contributed by atoms with van der Waals surface area (Å²) in [6.45, 7) is 7.18. The molecule has 0 aromatic heterocycles. The molecule has 1 aromatic carbocycles. The van der Waals surface area contributed by atoms with Crippen molar-refractivity contribution >= 4 is 5.69 Å². The molecule has 0 saturated carbocycles. The molecule has 1 rings (SSSR count). The first-order valence-electron chi connectivity index (χ1n) is 5.60. The highest BCUT2D eigenvalue weighted by Gasteiger charge is 1.99. The van der Waals surface area contributed by atoms with Gasteiger partial charge in [0.25, 0.3) is 0 Å². The monoisotopic (exact) mass is 217 g/mol. The fourth-order valence-electron chi connectivity index (χ4n) is 1.47. The standard InChI is InChI=1S/C13H19N3/c1-4-16(3)8-7-15-13-6-5-12(10-14)9-11(13)2/h5-6,9,15H,4,7-8H2,1-3H3. The Balaban J connectivity index is 2.52. The minimum atomic E-state index is 0.716. The van der Waals surface area contributed by atoms with Crippen LogP contribution >= 0.6 is 0 Å². The molecule has 0 atom stereocenters. The van der Waals surface area contributed by atoms with Crippen LogP contribution in [-0.4, -0.2) is 31.6 Å². The number of hydrogen-bond acceptors (Lipinski definition) is 3. The van der Waals surface area contributed by atoms with Crippen molar-refractivity contribution < 1.29 is 0 Å². The number of nitriles is 1. The predicted molar refractivity (Wildman–Crippen MR) is 67.6 cm³/mol. The zero-order valence-corrected chi connectivity index (χ0v) is 10.2. The largest absolute Gasteiger partial charge is 0.384 e. The molecule has 0 aliphatic carbocycles. The molecule has 16 heavy (non-hydrogen) atoms. The smallest absolute Gasteiger partial charge is 0.0991 e. The summed E-state index contributed by atoms with van der Waals surface area (Å²) in [4.78, 5) is 2.26. The van der Waals surface area contributed by atoms with Crippen molar-refractivity contribution in [1.82, 2.24) is 4.90 Å². The van der Waals surface area contributed by atoms with E-state index in [2.05, 4.69) is 30.3 Å². The van der Waals surface area contributed by atoms with Gasteiger partial charge in [0, 0.05) is 18.8 Å². The number of rotatable bonds is 5. The third kappa shape index (κ3) is 3.56. The van der Waals surface area contributed by atoms with Crippen molar-refractivity contribution in [2.75, 3.05) is 32.0 Å². The molecule has 0 radical (unpaired) electrons. The molecule has 0 aliphatic heterocycles. The summed E-state index contributed by atoms with van der Waals surface area (Å²) in [7, 11) is 2.10. The Morgan fingerprint density at radius 3 is 2.75 bits per heavy atom. The van der Waals surface area contributed by atoms with Crippen LogP contribution in [0.5, 0.6) is 0 Å². The van der Waals surface area contributed by atoms with Gasteiger partial charge in [0.15, 0.2) is 0 Å². The van der Waals surface area contributed by atoms with Crippen LogP contribution in [0.1, 0.15) is 18.1 Å². The third-order valence-corrected chi connectivity index (χ3v) is 2.70. The van der Waals surface area contributed by atoms with Gasteiger partial charge < -0.3 is 10.2 Å². The van der Waals surface area contributed by atoms with E-state index < -0.39 is 0 Å². The number of benzene rings is 1. The second kappa shape index (κ2) is 6.14. The van der Waals surface area contributed by atoms with Gasteiger partial charge in [0.05, 0.1) is 11.6 Å². The van der Waals surface area contributed by atoms with Gasteiger partial charge in [-0.15, -0.1) is 0 Å². The van der Waals surface area contributed by atoms with Crippen LogP contribution in [0.2, 0.25) is 0 Å². The fourth-order valence-corrected chi connectivity index (χ4v) is 1.47. The summed E-state index contributed by atoms with van der Waals surface area (Å²) in [6, 6.07) is 7.87. The Hall–Kier alpha value is -1.53. The number of nitrogens with one attached hydrogen (secondary N) is 1. The van der Waals surface area contributed by atoms with Crippen LogP contribution in [0, 0.1) is 18.3 Å². The third-order valence-electron chi connectivity index (χ3n) is 2.70. The number of nitrogens with zero attached hydrogens (tertiary/aromatic N) is 2. The molecular formula is C13H19N3. The molecule has 1 aromatic rings. The zero-order valence-electron chi connectivity index (χ0n) is 10.2. The van der Waals surface area contributed by atoms with Crippen molar-refractivity contribution in [3.05, 3.63) is 29.3 Å². The van der Waals surface area contributed by atoms with Crippen molar-refractivity contribution in [2.24, 2.45) is 0 Å². The van der Waals surface area contributed by atoms with E-state index in [1.165, 1.54) is 0 Å². The van der Waals surface area contributed by atoms with Gasteiger partial charge in [-0.1, -0.05) is 6.92 Å². The highest BCUT2D eigenvalue weighted by molar-refractivity contribution is 5.53. The maximum absolute atomic E-state index is 8.76. The van der Waals surface area contributed by atoms with Gasteiger partial charge in [-0.3, -0.25) is 0 Å². The van der Waals surface area contributed by atoms with Crippen molar-refractivity contribution in [1.29, 1.82) is 5.26 Å². The first-order valence-corrected chi connectivity index (χ1v) is 5.60. The van der Waals surface area contributed by atoms with E-state index in [0.29, 0.717) is 5.56 Å². The average Bonchev–Trinajstić information content (AvgIpc) is 2.30. The Morgan fingerprint density at radius 1 is 1.44 bits per heavy atom. The average molecular weight is 217 g/mol. The second-order valence-corrected chi connectivity index (χ2v) is 3.96. The normalized spacial score (nSPS) is 10.2. The number of likely N-dealkylation sites (N-methyl/N-ethyl adjacent to an activating group) is 1. The first kappa shape index (κ1) is 12.5. The topological polar surface area (TPSA) is 39.1 Å². The lowest BCUT2D eigenvalue weighted by molar-refractivity contribution is 0.367. The summed E-state index contributed by atoms with van der Waals surface area (Å²) in [5.41, 5.74) is 2.95. The molecule has 0 heterocycles. The van der Waals surface area contributed by atoms with Gasteiger partial charge in [-0.25, -0.2) is 0 Å². The Morgan fingerprint density at radius 2 is 2.19 bits per heavy atom. The van der Waals surface area contributed by atoms with Crippen LogP contribution in [0.25, 0.3) is 0 Å². The summed E-state index contributed by atoms with van der Waals surface area (Å²) in [5, 5.41) is 12.1. The Kier molecular flexibility index (Phi) is 4.81. The van der Waals surface area contributed by atoms with E-state index in [9.17, 15) is 0 Å². The molecule has 0 fully saturated rings. The van der Waals surface area contributed by atoms with E-state index in [1.807, 2.05) is 25.1 Å². The molecule has 0 unspecified atom stereocenters. The first-order chi connectivity index (χ1) is 7.67. The van der Waals surface area contributed by atoms with E-state index in [0.717, 1.165) is 30.9 Å². The van der Waals surface area contributed by atoms with Crippen LogP contribution in [0.15, 0.2) is 18.2 Å². The van der Waals surface area contributed by atoms with Crippen LogP contribution in [-0.2, 0) is 0 Å². The molecule has 3 heteroatoms. The lowest BCUT2D eigenvalue weighted by atomic mass is 10.1. The van der Waals surface area contributed by atoms with Gasteiger partial charge in [-0.05, 0) is 44.3 Å². The maximum Gasteiger partial charge on any atom is 0.0991 e. The number of anilines is 1. The van der Waals surface area contributed by atoms with Gasteiger partial charge in [0.1, 0.15) is 0 Å². The van der Waals surface area contributed by atoms with Gasteiger partial charge in [0.2, 0.25) is 0 Å². The van der Waals surface area contributed by atoms with Crippen molar-refractivity contribution in [3.8, 4) is 6.07 Å².